The summed E-state index contributed by atoms with van der Waals surface area (Å²) in [6.45, 7) is 3.73. The molecule has 2 aromatic rings. The molecule has 0 spiro atoms. The summed E-state index contributed by atoms with van der Waals surface area (Å²) in [6, 6.07) is 14.3. The molecule has 2 aromatic carbocycles. The van der Waals surface area contributed by atoms with Crippen molar-refractivity contribution in [3.63, 3.8) is 0 Å². The summed E-state index contributed by atoms with van der Waals surface area (Å²) in [5, 5.41) is 3.29. The van der Waals surface area contributed by atoms with Crippen LogP contribution in [0.1, 0.15) is 31.4 Å². The van der Waals surface area contributed by atoms with Crippen LogP contribution in [-0.2, 0) is 14.8 Å². The molecule has 156 valence electrons. The first kappa shape index (κ1) is 21.5. The minimum absolute atomic E-state index is 0.240. The minimum atomic E-state index is -3.64. The van der Waals surface area contributed by atoms with Gasteiger partial charge in [-0.1, -0.05) is 29.8 Å². The third-order valence-corrected chi connectivity index (χ3v) is 6.40. The first-order valence-corrected chi connectivity index (χ1v) is 11.8. The minimum Gasteiger partial charge on any atom is -0.372 e. The van der Waals surface area contributed by atoms with Crippen molar-refractivity contribution in [3.8, 4) is 0 Å². The number of nitrogens with one attached hydrogen (secondary N) is 1. The van der Waals surface area contributed by atoms with Crippen molar-refractivity contribution in [2.24, 2.45) is 0 Å². The molecule has 3 rings (SSSR count). The lowest BCUT2D eigenvalue weighted by Crippen LogP contribution is -2.41. The maximum absolute atomic E-state index is 12.6. The van der Waals surface area contributed by atoms with Gasteiger partial charge < -0.3 is 10.2 Å². The molecule has 1 aliphatic heterocycles. The molecule has 0 saturated carbocycles. The molecular formula is C21H26ClN3O3S. The van der Waals surface area contributed by atoms with E-state index in [1.165, 1.54) is 24.6 Å². The van der Waals surface area contributed by atoms with E-state index in [2.05, 4.69) is 22.3 Å². The van der Waals surface area contributed by atoms with Gasteiger partial charge in [-0.2, -0.15) is 0 Å². The number of sulfonamides is 1. The average Bonchev–Trinajstić information content (AvgIpc) is 3.20. The van der Waals surface area contributed by atoms with Crippen LogP contribution in [0.4, 0.5) is 11.4 Å². The predicted molar refractivity (Wildman–Crippen MR) is 118 cm³/mol. The topological polar surface area (TPSA) is 69.7 Å². The van der Waals surface area contributed by atoms with E-state index in [-0.39, 0.29) is 18.5 Å². The zero-order valence-electron chi connectivity index (χ0n) is 16.6. The smallest absolute Gasteiger partial charge is 0.241 e. The average molecular weight is 436 g/mol. The number of hydrogen-bond acceptors (Lipinski definition) is 4. The van der Waals surface area contributed by atoms with E-state index in [0.29, 0.717) is 10.7 Å². The fourth-order valence-corrected chi connectivity index (χ4v) is 4.51. The highest BCUT2D eigenvalue weighted by Gasteiger charge is 2.22. The highest BCUT2D eigenvalue weighted by molar-refractivity contribution is 7.92. The van der Waals surface area contributed by atoms with Crippen molar-refractivity contribution < 1.29 is 13.2 Å². The molecule has 0 aromatic heterocycles. The zero-order valence-corrected chi connectivity index (χ0v) is 18.2. The van der Waals surface area contributed by atoms with Gasteiger partial charge in [0.2, 0.25) is 15.9 Å². The van der Waals surface area contributed by atoms with Crippen molar-refractivity contribution in [2.45, 2.75) is 25.8 Å². The van der Waals surface area contributed by atoms with Crippen LogP contribution in [0.5, 0.6) is 0 Å². The molecule has 1 aliphatic rings. The number of amides is 1. The van der Waals surface area contributed by atoms with Crippen molar-refractivity contribution >= 4 is 38.9 Å². The van der Waals surface area contributed by atoms with E-state index in [4.69, 9.17) is 11.6 Å². The van der Waals surface area contributed by atoms with Gasteiger partial charge in [0.25, 0.3) is 0 Å². The lowest BCUT2D eigenvalue weighted by Gasteiger charge is -2.24. The summed E-state index contributed by atoms with van der Waals surface area (Å²) in [5.41, 5.74) is 2.52. The number of hydrogen-bond donors (Lipinski definition) is 1. The lowest BCUT2D eigenvalue weighted by atomic mass is 10.1. The summed E-state index contributed by atoms with van der Waals surface area (Å²) in [6.07, 6.45) is 3.51. The Balaban J connectivity index is 1.66. The van der Waals surface area contributed by atoms with E-state index in [1.54, 1.807) is 18.2 Å². The van der Waals surface area contributed by atoms with Crippen molar-refractivity contribution in [3.05, 3.63) is 59.1 Å². The van der Waals surface area contributed by atoms with E-state index in [9.17, 15) is 13.2 Å². The molecule has 1 saturated heterocycles. The Morgan fingerprint density at radius 1 is 1.17 bits per heavy atom. The van der Waals surface area contributed by atoms with Crippen LogP contribution in [0.15, 0.2) is 48.5 Å². The van der Waals surface area contributed by atoms with Crippen molar-refractivity contribution in [2.75, 3.05) is 35.1 Å². The summed E-state index contributed by atoms with van der Waals surface area (Å²) in [5.74, 6) is -0.383. The van der Waals surface area contributed by atoms with Gasteiger partial charge in [-0.25, -0.2) is 8.42 Å². The Kier molecular flexibility index (Phi) is 6.70. The Morgan fingerprint density at radius 3 is 2.41 bits per heavy atom. The lowest BCUT2D eigenvalue weighted by molar-refractivity contribution is -0.120. The molecule has 0 radical (unpaired) electrons. The van der Waals surface area contributed by atoms with Gasteiger partial charge in [0.1, 0.15) is 6.54 Å². The number of benzene rings is 2. The van der Waals surface area contributed by atoms with Crippen LogP contribution in [0.25, 0.3) is 0 Å². The number of nitrogens with zero attached hydrogens (tertiary/aromatic N) is 2. The molecular weight excluding hydrogens is 410 g/mol. The van der Waals surface area contributed by atoms with Gasteiger partial charge in [0.05, 0.1) is 18.0 Å². The van der Waals surface area contributed by atoms with E-state index >= 15 is 0 Å². The third-order valence-electron chi connectivity index (χ3n) is 5.03. The van der Waals surface area contributed by atoms with Gasteiger partial charge in [-0.05, 0) is 55.7 Å². The van der Waals surface area contributed by atoms with Gasteiger partial charge in [-0.3, -0.25) is 9.10 Å². The third kappa shape index (κ3) is 5.64. The molecule has 1 unspecified atom stereocenters. The summed E-state index contributed by atoms with van der Waals surface area (Å²) in [7, 11) is -3.64. The monoisotopic (exact) mass is 435 g/mol. The van der Waals surface area contributed by atoms with Crippen LogP contribution >= 0.6 is 11.6 Å². The van der Waals surface area contributed by atoms with Crippen LogP contribution < -0.4 is 14.5 Å². The Labute approximate surface area is 177 Å². The predicted octanol–water partition coefficient (Wildman–Crippen LogP) is 3.58. The molecule has 0 aliphatic carbocycles. The SMILES string of the molecule is CC(NC(=O)CN(c1cccc(Cl)c1)S(C)(=O)=O)c1ccc(N2CCCC2)cc1. The summed E-state index contributed by atoms with van der Waals surface area (Å²) < 4.78 is 25.4. The van der Waals surface area contributed by atoms with E-state index in [0.717, 1.165) is 29.2 Å². The molecule has 8 heteroatoms. The molecule has 1 N–H and O–H groups in total. The van der Waals surface area contributed by atoms with Gasteiger partial charge >= 0.3 is 0 Å². The first-order valence-electron chi connectivity index (χ1n) is 9.61. The Bertz CT molecular complexity index is 957. The molecule has 1 atom stereocenters. The Morgan fingerprint density at radius 2 is 1.83 bits per heavy atom. The number of anilines is 2. The maximum atomic E-state index is 12.6. The number of carbonyl (C=O) groups is 1. The number of halogens is 1. The molecule has 0 bridgehead atoms. The van der Waals surface area contributed by atoms with Crippen LogP contribution in [-0.4, -0.2) is 40.2 Å². The summed E-state index contributed by atoms with van der Waals surface area (Å²) in [4.78, 5) is 14.9. The fraction of sp³-hybridized carbons (Fsp3) is 0.381. The molecule has 1 amide bonds. The second kappa shape index (κ2) is 9.05. The van der Waals surface area contributed by atoms with Crippen LogP contribution in [0, 0.1) is 0 Å². The van der Waals surface area contributed by atoms with E-state index < -0.39 is 10.0 Å². The zero-order chi connectivity index (χ0) is 21.0. The molecule has 6 nitrogen and oxygen atoms in total. The normalized spacial score (nSPS) is 15.2. The van der Waals surface area contributed by atoms with Crippen molar-refractivity contribution in [1.82, 2.24) is 5.32 Å². The fourth-order valence-electron chi connectivity index (χ4n) is 3.48. The maximum Gasteiger partial charge on any atom is 0.241 e. The number of rotatable bonds is 7. The summed E-state index contributed by atoms with van der Waals surface area (Å²) >= 11 is 5.97. The molecule has 29 heavy (non-hydrogen) atoms. The van der Waals surface area contributed by atoms with E-state index in [1.807, 2.05) is 19.1 Å². The van der Waals surface area contributed by atoms with Crippen LogP contribution in [0.3, 0.4) is 0 Å². The van der Waals surface area contributed by atoms with Crippen molar-refractivity contribution in [1.29, 1.82) is 0 Å². The van der Waals surface area contributed by atoms with Gasteiger partial charge in [-0.15, -0.1) is 0 Å². The first-order chi connectivity index (χ1) is 13.7. The van der Waals surface area contributed by atoms with Gasteiger partial charge in [0, 0.05) is 23.8 Å². The second-order valence-corrected chi connectivity index (χ2v) is 9.67. The highest BCUT2D eigenvalue weighted by atomic mass is 35.5. The molecule has 1 heterocycles. The Hall–Kier alpha value is -2.25. The van der Waals surface area contributed by atoms with Gasteiger partial charge in [0.15, 0.2) is 0 Å². The molecule has 1 fully saturated rings. The largest absolute Gasteiger partial charge is 0.372 e. The quantitative estimate of drug-likeness (QED) is 0.721. The standard InChI is InChI=1S/C21H26ClN3O3S/c1-16(17-8-10-19(11-9-17)24-12-3-4-13-24)23-21(26)15-25(29(2,27)28)20-7-5-6-18(22)14-20/h5-11,14,16H,3-4,12-13,15H2,1-2H3,(H,23,26). The number of carbonyl (C=O) groups excluding carboxylic acids is 1. The highest BCUT2D eigenvalue weighted by Crippen LogP contribution is 2.24. The van der Waals surface area contributed by atoms with Crippen LogP contribution in [0.2, 0.25) is 5.02 Å². The second-order valence-electron chi connectivity index (χ2n) is 7.32.